The van der Waals surface area contributed by atoms with Gasteiger partial charge in [-0.05, 0) is 25.8 Å². The number of rotatable bonds is 7. The molecule has 0 bridgehead atoms. The molecule has 1 aliphatic heterocycles. The zero-order chi connectivity index (χ0) is 16.7. The maximum absolute atomic E-state index is 12.3. The molecule has 1 saturated heterocycles. The standard InChI is InChI=1S/C17H23N3O2S/c1-3-18-17-20(4-2)16(22)14(23-17)12-15(21)19-11-10-13-8-6-5-7-9-13/h5-9,14H,3-4,10-12H2,1-2H3,(H,19,21)/t14-/m1/s1. The summed E-state index contributed by atoms with van der Waals surface area (Å²) in [5, 5.41) is 3.28. The van der Waals surface area contributed by atoms with Crippen molar-refractivity contribution in [2.45, 2.75) is 31.9 Å². The molecule has 1 N–H and O–H groups in total. The summed E-state index contributed by atoms with van der Waals surface area (Å²) < 4.78 is 0. The van der Waals surface area contributed by atoms with Crippen LogP contribution in [0.1, 0.15) is 25.8 Å². The lowest BCUT2D eigenvalue weighted by Crippen LogP contribution is -2.35. The Morgan fingerprint density at radius 3 is 2.70 bits per heavy atom. The molecule has 124 valence electrons. The number of amidine groups is 1. The first-order valence-electron chi connectivity index (χ1n) is 7.98. The Kier molecular flexibility index (Phi) is 6.65. The lowest BCUT2D eigenvalue weighted by molar-refractivity contribution is -0.129. The van der Waals surface area contributed by atoms with Crippen molar-refractivity contribution in [3.63, 3.8) is 0 Å². The molecule has 0 radical (unpaired) electrons. The van der Waals surface area contributed by atoms with E-state index in [1.807, 2.05) is 44.2 Å². The van der Waals surface area contributed by atoms with Crippen LogP contribution >= 0.6 is 11.8 Å². The fourth-order valence-corrected chi connectivity index (χ4v) is 3.69. The molecule has 0 spiro atoms. The van der Waals surface area contributed by atoms with Crippen LogP contribution in [-0.4, -0.2) is 46.8 Å². The van der Waals surface area contributed by atoms with Crippen molar-refractivity contribution in [3.8, 4) is 0 Å². The van der Waals surface area contributed by atoms with Crippen LogP contribution in [0.15, 0.2) is 35.3 Å². The summed E-state index contributed by atoms with van der Waals surface area (Å²) in [4.78, 5) is 30.4. The van der Waals surface area contributed by atoms with Crippen molar-refractivity contribution in [2.75, 3.05) is 19.6 Å². The van der Waals surface area contributed by atoms with Gasteiger partial charge in [0.15, 0.2) is 5.17 Å². The number of carbonyl (C=O) groups is 2. The number of thioether (sulfide) groups is 1. The van der Waals surface area contributed by atoms with Gasteiger partial charge in [0.05, 0.1) is 0 Å². The highest BCUT2D eigenvalue weighted by Crippen LogP contribution is 2.29. The number of hydrogen-bond acceptors (Lipinski definition) is 4. The third-order valence-electron chi connectivity index (χ3n) is 3.58. The van der Waals surface area contributed by atoms with Gasteiger partial charge in [0.1, 0.15) is 5.25 Å². The summed E-state index contributed by atoms with van der Waals surface area (Å²) in [5.41, 5.74) is 1.19. The molecule has 1 heterocycles. The van der Waals surface area contributed by atoms with Gasteiger partial charge in [-0.2, -0.15) is 0 Å². The zero-order valence-electron chi connectivity index (χ0n) is 13.6. The fourth-order valence-electron chi connectivity index (χ4n) is 2.42. The normalized spacial score (nSPS) is 19.4. The molecular weight excluding hydrogens is 310 g/mol. The molecule has 1 fully saturated rings. The molecule has 1 aromatic rings. The van der Waals surface area contributed by atoms with E-state index in [4.69, 9.17) is 0 Å². The van der Waals surface area contributed by atoms with Gasteiger partial charge in [0.25, 0.3) is 0 Å². The lowest BCUT2D eigenvalue weighted by Gasteiger charge is -2.13. The number of benzene rings is 1. The van der Waals surface area contributed by atoms with Crippen molar-refractivity contribution < 1.29 is 9.59 Å². The third kappa shape index (κ3) is 4.82. The molecule has 2 rings (SSSR count). The maximum Gasteiger partial charge on any atom is 0.242 e. The summed E-state index contributed by atoms with van der Waals surface area (Å²) in [5.74, 6) is -0.0940. The molecule has 2 amide bonds. The number of nitrogens with zero attached hydrogens (tertiary/aromatic N) is 2. The molecule has 6 heteroatoms. The number of amides is 2. The van der Waals surface area contributed by atoms with E-state index in [-0.39, 0.29) is 23.5 Å². The van der Waals surface area contributed by atoms with E-state index < -0.39 is 0 Å². The van der Waals surface area contributed by atoms with Crippen LogP contribution < -0.4 is 5.32 Å². The van der Waals surface area contributed by atoms with Gasteiger partial charge in [-0.15, -0.1) is 0 Å². The summed E-state index contributed by atoms with van der Waals surface area (Å²) in [6, 6.07) is 10.0. The second kappa shape index (κ2) is 8.72. The molecule has 0 aromatic heterocycles. The van der Waals surface area contributed by atoms with Crippen LogP contribution in [0, 0.1) is 0 Å². The predicted molar refractivity (Wildman–Crippen MR) is 94.5 cm³/mol. The second-order valence-corrected chi connectivity index (χ2v) is 6.41. The van der Waals surface area contributed by atoms with E-state index in [0.29, 0.717) is 19.6 Å². The summed E-state index contributed by atoms with van der Waals surface area (Å²) in [6.45, 7) is 5.68. The Morgan fingerprint density at radius 2 is 2.04 bits per heavy atom. The predicted octanol–water partition coefficient (Wildman–Crippen LogP) is 2.08. The maximum atomic E-state index is 12.3. The molecule has 1 aliphatic rings. The average molecular weight is 333 g/mol. The van der Waals surface area contributed by atoms with Gasteiger partial charge in [0.2, 0.25) is 11.8 Å². The third-order valence-corrected chi connectivity index (χ3v) is 4.79. The molecule has 0 unspecified atom stereocenters. The van der Waals surface area contributed by atoms with Crippen molar-refractivity contribution in [2.24, 2.45) is 4.99 Å². The topological polar surface area (TPSA) is 61.8 Å². The van der Waals surface area contributed by atoms with Crippen molar-refractivity contribution >= 4 is 28.7 Å². The van der Waals surface area contributed by atoms with Gasteiger partial charge in [0, 0.05) is 26.1 Å². The first-order valence-corrected chi connectivity index (χ1v) is 8.86. The highest BCUT2D eigenvalue weighted by Gasteiger charge is 2.37. The minimum Gasteiger partial charge on any atom is -0.356 e. The van der Waals surface area contributed by atoms with Gasteiger partial charge in [-0.3, -0.25) is 19.5 Å². The number of nitrogens with one attached hydrogen (secondary N) is 1. The van der Waals surface area contributed by atoms with E-state index in [9.17, 15) is 9.59 Å². The van der Waals surface area contributed by atoms with Gasteiger partial charge >= 0.3 is 0 Å². The largest absolute Gasteiger partial charge is 0.356 e. The monoisotopic (exact) mass is 333 g/mol. The quantitative estimate of drug-likeness (QED) is 0.831. The fraction of sp³-hybridized carbons (Fsp3) is 0.471. The van der Waals surface area contributed by atoms with Crippen LogP contribution in [0.3, 0.4) is 0 Å². The Labute approximate surface area is 141 Å². The molecule has 5 nitrogen and oxygen atoms in total. The molecule has 0 saturated carbocycles. The Hall–Kier alpha value is -1.82. The molecule has 1 aromatic carbocycles. The summed E-state index contributed by atoms with van der Waals surface area (Å²) >= 11 is 1.40. The smallest absolute Gasteiger partial charge is 0.242 e. The first-order chi connectivity index (χ1) is 11.2. The van der Waals surface area contributed by atoms with E-state index in [0.717, 1.165) is 11.6 Å². The minimum atomic E-state index is -0.350. The number of carbonyl (C=O) groups excluding carboxylic acids is 2. The van der Waals surface area contributed by atoms with Crippen LogP contribution in [0.25, 0.3) is 0 Å². The molecular formula is C17H23N3O2S. The Morgan fingerprint density at radius 1 is 1.30 bits per heavy atom. The highest BCUT2D eigenvalue weighted by atomic mass is 32.2. The van der Waals surface area contributed by atoms with Gasteiger partial charge in [-0.1, -0.05) is 42.1 Å². The minimum absolute atomic E-state index is 0.0112. The lowest BCUT2D eigenvalue weighted by atomic mass is 10.1. The van der Waals surface area contributed by atoms with E-state index in [2.05, 4.69) is 10.3 Å². The number of aliphatic imine (C=N–C) groups is 1. The Bertz CT molecular complexity index is 574. The molecule has 1 atom stereocenters. The van der Waals surface area contributed by atoms with Crippen LogP contribution in [0.2, 0.25) is 0 Å². The van der Waals surface area contributed by atoms with Crippen LogP contribution in [-0.2, 0) is 16.0 Å². The van der Waals surface area contributed by atoms with Crippen LogP contribution in [0.5, 0.6) is 0 Å². The summed E-state index contributed by atoms with van der Waals surface area (Å²) in [6.07, 6.45) is 0.999. The van der Waals surface area contributed by atoms with Crippen molar-refractivity contribution in [3.05, 3.63) is 35.9 Å². The zero-order valence-corrected chi connectivity index (χ0v) is 14.4. The van der Waals surface area contributed by atoms with Crippen molar-refractivity contribution in [1.29, 1.82) is 0 Å². The summed E-state index contributed by atoms with van der Waals surface area (Å²) in [7, 11) is 0. The second-order valence-electron chi connectivity index (χ2n) is 5.24. The van der Waals surface area contributed by atoms with E-state index >= 15 is 0 Å². The van der Waals surface area contributed by atoms with E-state index in [1.165, 1.54) is 17.3 Å². The van der Waals surface area contributed by atoms with Crippen LogP contribution in [0.4, 0.5) is 0 Å². The number of hydrogen-bond donors (Lipinski definition) is 1. The van der Waals surface area contributed by atoms with E-state index in [1.54, 1.807) is 4.90 Å². The average Bonchev–Trinajstić information content (AvgIpc) is 2.84. The molecule has 23 heavy (non-hydrogen) atoms. The van der Waals surface area contributed by atoms with Crippen molar-refractivity contribution in [1.82, 2.24) is 10.2 Å². The first kappa shape index (κ1) is 17.5. The van der Waals surface area contributed by atoms with Gasteiger partial charge in [-0.25, -0.2) is 0 Å². The Balaban J connectivity index is 1.81. The SMILES string of the molecule is CCN=C1S[C@H](CC(=O)NCCc2ccccc2)C(=O)N1CC. The van der Waals surface area contributed by atoms with Gasteiger partial charge < -0.3 is 5.32 Å². The molecule has 0 aliphatic carbocycles. The highest BCUT2D eigenvalue weighted by molar-refractivity contribution is 8.15.